The number of hydrogen-bond donors (Lipinski definition) is 0. The summed E-state index contributed by atoms with van der Waals surface area (Å²) in [5.41, 5.74) is 1.96. The molecule has 0 N–H and O–H groups in total. The van der Waals surface area contributed by atoms with Gasteiger partial charge in [0.2, 0.25) is 0 Å². The summed E-state index contributed by atoms with van der Waals surface area (Å²) in [4.78, 5) is 13.4. The maximum atomic E-state index is 13.4. The Hall–Kier alpha value is -0.710. The molecular weight excluding hydrogens is 388 g/mol. The maximum Gasteiger partial charge on any atom is 0.159 e. The minimum atomic E-state index is 0.105. The highest BCUT2D eigenvalue weighted by Gasteiger charge is 2.59. The molecule has 2 unspecified atom stereocenters. The summed E-state index contributed by atoms with van der Waals surface area (Å²) < 4.78 is 16.9. The number of ketones is 1. The molecule has 4 rings (SSSR count). The van der Waals surface area contributed by atoms with Gasteiger partial charge in [0.25, 0.3) is 0 Å². The Balaban J connectivity index is 1.48. The van der Waals surface area contributed by atoms with Crippen LogP contribution in [0, 0.1) is 40.4 Å². The van der Waals surface area contributed by atoms with E-state index in [-0.39, 0.29) is 17.4 Å². The van der Waals surface area contributed by atoms with Gasteiger partial charge in [0.05, 0.1) is 6.10 Å². The lowest BCUT2D eigenvalue weighted by Gasteiger charge is -2.57. The molecule has 0 radical (unpaired) electrons. The van der Waals surface area contributed by atoms with Crippen LogP contribution in [0.25, 0.3) is 0 Å². The van der Waals surface area contributed by atoms with Gasteiger partial charge in [0.1, 0.15) is 6.79 Å². The van der Waals surface area contributed by atoms with E-state index in [1.807, 2.05) is 0 Å². The molecule has 4 aliphatic carbocycles. The van der Waals surface area contributed by atoms with E-state index in [2.05, 4.69) is 33.8 Å². The average molecular weight is 433 g/mol. The van der Waals surface area contributed by atoms with Crippen LogP contribution in [-0.2, 0) is 19.0 Å². The summed E-state index contributed by atoms with van der Waals surface area (Å²) in [6.45, 7) is 11.4. The van der Waals surface area contributed by atoms with E-state index in [4.69, 9.17) is 14.2 Å². The zero-order valence-corrected chi connectivity index (χ0v) is 20.5. The smallest absolute Gasteiger partial charge is 0.159 e. The Morgan fingerprint density at radius 2 is 1.77 bits per heavy atom. The fraction of sp³-hybridized carbons (Fsp3) is 0.889. The molecule has 0 aliphatic heterocycles. The van der Waals surface area contributed by atoms with Gasteiger partial charge in [0.15, 0.2) is 5.78 Å². The average Bonchev–Trinajstić information content (AvgIpc) is 3.06. The van der Waals surface area contributed by atoms with Crippen molar-refractivity contribution in [3.63, 3.8) is 0 Å². The van der Waals surface area contributed by atoms with Crippen LogP contribution in [0.4, 0.5) is 0 Å². The molecule has 4 heteroatoms. The normalized spacial score (nSPS) is 42.2. The molecule has 0 aromatic carbocycles. The zero-order valence-electron chi connectivity index (χ0n) is 20.5. The molecule has 0 bridgehead atoms. The summed E-state index contributed by atoms with van der Waals surface area (Å²) in [5.74, 6) is 2.98. The van der Waals surface area contributed by atoms with Crippen molar-refractivity contribution in [3.05, 3.63) is 11.6 Å². The first-order chi connectivity index (χ1) is 14.8. The Bertz CT molecular complexity index is 685. The number of methoxy groups -OCH3 is 1. The zero-order chi connectivity index (χ0) is 22.2. The first kappa shape index (κ1) is 23.4. The number of fused-ring (bicyclic) bond motifs is 5. The third-order valence-corrected chi connectivity index (χ3v) is 9.54. The molecule has 7 atom stereocenters. The van der Waals surface area contributed by atoms with Crippen molar-refractivity contribution in [1.82, 2.24) is 0 Å². The largest absolute Gasteiger partial charge is 0.381 e. The second-order valence-electron chi connectivity index (χ2n) is 11.8. The van der Waals surface area contributed by atoms with Gasteiger partial charge in [-0.25, -0.2) is 0 Å². The van der Waals surface area contributed by atoms with Gasteiger partial charge >= 0.3 is 0 Å². The number of carbonyl (C=O) groups is 1. The van der Waals surface area contributed by atoms with Crippen molar-refractivity contribution >= 4 is 5.78 Å². The lowest BCUT2D eigenvalue weighted by Crippen LogP contribution is -2.52. The van der Waals surface area contributed by atoms with Crippen LogP contribution in [0.5, 0.6) is 0 Å². The number of allylic oxidation sites excluding steroid dienone is 2. The van der Waals surface area contributed by atoms with Gasteiger partial charge in [-0.3, -0.25) is 4.79 Å². The van der Waals surface area contributed by atoms with Gasteiger partial charge in [-0.1, -0.05) is 33.3 Å². The van der Waals surface area contributed by atoms with Crippen LogP contribution in [0.15, 0.2) is 11.6 Å². The first-order valence-electron chi connectivity index (χ1n) is 12.7. The molecule has 176 valence electrons. The number of hydrogen-bond acceptors (Lipinski definition) is 4. The molecule has 0 spiro atoms. The van der Waals surface area contributed by atoms with Crippen molar-refractivity contribution in [1.29, 1.82) is 0 Å². The number of carbonyl (C=O) groups excluding carboxylic acids is 1. The molecule has 3 saturated carbocycles. The summed E-state index contributed by atoms with van der Waals surface area (Å²) >= 11 is 0. The highest BCUT2D eigenvalue weighted by molar-refractivity contribution is 5.94. The summed E-state index contributed by atoms with van der Waals surface area (Å²) in [6.07, 6.45) is 11.5. The third-order valence-electron chi connectivity index (χ3n) is 9.54. The van der Waals surface area contributed by atoms with E-state index in [1.54, 1.807) is 7.11 Å². The van der Waals surface area contributed by atoms with Crippen molar-refractivity contribution in [3.8, 4) is 0 Å². The molecule has 31 heavy (non-hydrogen) atoms. The minimum absolute atomic E-state index is 0.105. The van der Waals surface area contributed by atoms with Crippen LogP contribution in [-0.4, -0.2) is 39.0 Å². The van der Waals surface area contributed by atoms with Crippen molar-refractivity contribution < 1.29 is 19.0 Å². The fourth-order valence-corrected chi connectivity index (χ4v) is 7.77. The Morgan fingerprint density at radius 1 is 1.03 bits per heavy atom. The van der Waals surface area contributed by atoms with Crippen molar-refractivity contribution in [2.75, 3.05) is 27.1 Å². The van der Waals surface area contributed by atoms with Crippen LogP contribution >= 0.6 is 0 Å². The molecule has 3 fully saturated rings. The minimum Gasteiger partial charge on any atom is -0.381 e. The first-order valence-corrected chi connectivity index (χ1v) is 12.7. The Morgan fingerprint density at radius 3 is 2.52 bits per heavy atom. The van der Waals surface area contributed by atoms with Crippen molar-refractivity contribution in [2.24, 2.45) is 40.4 Å². The van der Waals surface area contributed by atoms with E-state index in [0.29, 0.717) is 35.7 Å². The molecule has 4 nitrogen and oxygen atoms in total. The molecule has 0 aromatic rings. The van der Waals surface area contributed by atoms with E-state index in [1.165, 1.54) is 37.7 Å². The molecule has 0 saturated heterocycles. The maximum absolute atomic E-state index is 13.4. The fourth-order valence-electron chi connectivity index (χ4n) is 7.77. The van der Waals surface area contributed by atoms with E-state index in [0.717, 1.165) is 38.4 Å². The molecule has 0 amide bonds. The Labute approximate surface area is 189 Å². The summed E-state index contributed by atoms with van der Waals surface area (Å²) in [5, 5.41) is 0. The summed E-state index contributed by atoms with van der Waals surface area (Å²) in [6, 6.07) is 0. The molecular formula is C27H44O4. The van der Waals surface area contributed by atoms with E-state index in [9.17, 15) is 4.79 Å². The van der Waals surface area contributed by atoms with E-state index >= 15 is 0 Å². The SMILES string of the molecule is COCOC1CC[C@]2(C)C3CC[C@]4(C)[C@@H](CCOCC(C)C)CC[C@H]4C3=CC(=O)[C@@H]2C1. The highest BCUT2D eigenvalue weighted by atomic mass is 16.7. The quantitative estimate of drug-likeness (QED) is 0.359. The van der Waals surface area contributed by atoms with Crippen LogP contribution in [0.1, 0.15) is 79.1 Å². The van der Waals surface area contributed by atoms with Crippen molar-refractivity contribution in [2.45, 2.75) is 85.2 Å². The third kappa shape index (κ3) is 4.29. The highest BCUT2D eigenvalue weighted by Crippen LogP contribution is 2.65. The van der Waals surface area contributed by atoms with Gasteiger partial charge < -0.3 is 14.2 Å². The van der Waals surface area contributed by atoms with E-state index < -0.39 is 0 Å². The lowest BCUT2D eigenvalue weighted by atomic mass is 9.47. The second-order valence-corrected chi connectivity index (χ2v) is 11.8. The standard InChI is InChI=1S/C27H44O4/c1-18(2)16-30-13-10-19-6-7-22-21-15-25(28)24-14-20(31-17-29-5)8-11-27(24,4)23(21)9-12-26(19,22)3/h15,18-20,22-24H,6-14,16-17H2,1-5H3/t19-,20?,22+,23?,24+,26-,27-/m1/s1. The van der Waals surface area contributed by atoms with Crippen LogP contribution in [0.2, 0.25) is 0 Å². The molecule has 4 aliphatic rings. The van der Waals surface area contributed by atoms with Gasteiger partial charge in [-0.15, -0.1) is 0 Å². The molecule has 0 heterocycles. The topological polar surface area (TPSA) is 44.8 Å². The predicted octanol–water partition coefficient (Wildman–Crippen LogP) is 5.80. The number of ether oxygens (including phenoxy) is 3. The molecule has 0 aromatic heterocycles. The Kier molecular flexibility index (Phi) is 7.01. The van der Waals surface area contributed by atoms with Crippen LogP contribution in [0.3, 0.4) is 0 Å². The van der Waals surface area contributed by atoms with Gasteiger partial charge in [0, 0.05) is 26.2 Å². The predicted molar refractivity (Wildman–Crippen MR) is 123 cm³/mol. The lowest BCUT2D eigenvalue weighted by molar-refractivity contribution is -0.142. The van der Waals surface area contributed by atoms with Gasteiger partial charge in [-0.2, -0.15) is 0 Å². The van der Waals surface area contributed by atoms with Gasteiger partial charge in [-0.05, 0) is 91.9 Å². The monoisotopic (exact) mass is 432 g/mol. The number of rotatable bonds is 8. The summed E-state index contributed by atoms with van der Waals surface area (Å²) in [7, 11) is 1.66. The van der Waals surface area contributed by atoms with Crippen LogP contribution < -0.4 is 0 Å². The second kappa shape index (κ2) is 9.27.